The van der Waals surface area contributed by atoms with E-state index in [2.05, 4.69) is 10.5 Å². The summed E-state index contributed by atoms with van der Waals surface area (Å²) in [5.41, 5.74) is 2.07. The highest BCUT2D eigenvalue weighted by molar-refractivity contribution is 5.99. The van der Waals surface area contributed by atoms with Crippen molar-refractivity contribution < 1.29 is 18.5 Å². The zero-order chi connectivity index (χ0) is 18.1. The molecule has 26 heavy (non-hydrogen) atoms. The first-order valence-electron chi connectivity index (χ1n) is 8.72. The minimum atomic E-state index is -0.458. The fourth-order valence-electron chi connectivity index (χ4n) is 3.45. The molecule has 3 amide bonds. The molecule has 2 aromatic rings. The Morgan fingerprint density at radius 2 is 2.04 bits per heavy atom. The van der Waals surface area contributed by atoms with Crippen molar-refractivity contribution in [2.45, 2.75) is 25.7 Å². The van der Waals surface area contributed by atoms with Crippen molar-refractivity contribution in [3.05, 3.63) is 41.3 Å². The van der Waals surface area contributed by atoms with Gasteiger partial charge in [0, 0.05) is 18.7 Å². The number of nitrogens with zero attached hydrogens (tertiary/aromatic N) is 3. The third-order valence-electron chi connectivity index (χ3n) is 4.79. The maximum absolute atomic E-state index is 13.9. The van der Waals surface area contributed by atoms with Gasteiger partial charge in [-0.3, -0.25) is 15.0 Å². The van der Waals surface area contributed by atoms with Gasteiger partial charge < -0.3 is 9.42 Å². The van der Waals surface area contributed by atoms with Crippen LogP contribution in [0.3, 0.4) is 0 Å². The molecule has 1 saturated heterocycles. The van der Waals surface area contributed by atoms with Crippen LogP contribution in [0.2, 0.25) is 0 Å². The van der Waals surface area contributed by atoms with E-state index < -0.39 is 5.82 Å². The molecule has 0 atom stereocenters. The number of amides is 3. The SMILES string of the molecule is O=C(CN1CCN(c2ccccc2F)C1=O)Nc1onc2c1CCCC2. The molecule has 1 aliphatic heterocycles. The Morgan fingerprint density at radius 1 is 1.23 bits per heavy atom. The Kier molecular flexibility index (Phi) is 4.32. The van der Waals surface area contributed by atoms with Gasteiger partial charge in [0.25, 0.3) is 0 Å². The van der Waals surface area contributed by atoms with Gasteiger partial charge in [-0.2, -0.15) is 0 Å². The zero-order valence-electron chi connectivity index (χ0n) is 14.2. The van der Waals surface area contributed by atoms with E-state index in [1.807, 2.05) is 0 Å². The number of aromatic nitrogens is 1. The van der Waals surface area contributed by atoms with Crippen LogP contribution in [0.1, 0.15) is 24.1 Å². The van der Waals surface area contributed by atoms with Crippen molar-refractivity contribution in [1.29, 1.82) is 0 Å². The van der Waals surface area contributed by atoms with E-state index in [1.54, 1.807) is 18.2 Å². The fraction of sp³-hybridized carbons (Fsp3) is 0.389. The van der Waals surface area contributed by atoms with E-state index in [-0.39, 0.29) is 24.2 Å². The van der Waals surface area contributed by atoms with Crippen LogP contribution in [0, 0.1) is 5.82 Å². The summed E-state index contributed by atoms with van der Waals surface area (Å²) in [7, 11) is 0. The maximum atomic E-state index is 13.9. The van der Waals surface area contributed by atoms with Crippen LogP contribution in [0.25, 0.3) is 0 Å². The number of halogens is 1. The molecule has 2 heterocycles. The van der Waals surface area contributed by atoms with E-state index in [0.717, 1.165) is 36.9 Å². The molecule has 1 fully saturated rings. The predicted octanol–water partition coefficient (Wildman–Crippen LogP) is 2.57. The van der Waals surface area contributed by atoms with E-state index in [0.29, 0.717) is 19.0 Å². The molecule has 0 spiro atoms. The molecule has 2 aliphatic rings. The Hall–Kier alpha value is -2.90. The Morgan fingerprint density at radius 3 is 2.88 bits per heavy atom. The molecule has 0 radical (unpaired) electrons. The van der Waals surface area contributed by atoms with Gasteiger partial charge in [-0.05, 0) is 37.8 Å². The first kappa shape index (κ1) is 16.6. The van der Waals surface area contributed by atoms with Gasteiger partial charge in [0.15, 0.2) is 0 Å². The normalized spacial score (nSPS) is 16.7. The fourth-order valence-corrected chi connectivity index (χ4v) is 3.45. The zero-order valence-corrected chi connectivity index (χ0v) is 14.2. The van der Waals surface area contributed by atoms with Crippen molar-refractivity contribution in [3.63, 3.8) is 0 Å². The molecule has 4 rings (SSSR count). The summed E-state index contributed by atoms with van der Waals surface area (Å²) in [4.78, 5) is 27.6. The summed E-state index contributed by atoms with van der Waals surface area (Å²) in [5.74, 6) is -0.430. The number of aryl methyl sites for hydroxylation is 1. The van der Waals surface area contributed by atoms with Crippen molar-refractivity contribution >= 4 is 23.5 Å². The molecule has 1 N–H and O–H groups in total. The molecule has 1 aromatic heterocycles. The molecule has 136 valence electrons. The van der Waals surface area contributed by atoms with Crippen molar-refractivity contribution in [3.8, 4) is 0 Å². The lowest BCUT2D eigenvalue weighted by Gasteiger charge is -2.18. The van der Waals surface area contributed by atoms with Crippen LogP contribution < -0.4 is 10.2 Å². The van der Waals surface area contributed by atoms with Gasteiger partial charge >= 0.3 is 6.03 Å². The lowest BCUT2D eigenvalue weighted by molar-refractivity contribution is -0.116. The van der Waals surface area contributed by atoms with Crippen LogP contribution >= 0.6 is 0 Å². The molecule has 1 aromatic carbocycles. The third-order valence-corrected chi connectivity index (χ3v) is 4.79. The van der Waals surface area contributed by atoms with Gasteiger partial charge in [0.1, 0.15) is 12.4 Å². The minimum Gasteiger partial charge on any atom is -0.338 e. The topological polar surface area (TPSA) is 78.7 Å². The number of benzene rings is 1. The Balaban J connectivity index is 1.40. The number of rotatable bonds is 4. The van der Waals surface area contributed by atoms with E-state index >= 15 is 0 Å². The lowest BCUT2D eigenvalue weighted by atomic mass is 9.98. The van der Waals surface area contributed by atoms with Gasteiger partial charge in [-0.1, -0.05) is 17.3 Å². The average Bonchev–Trinajstić information content (AvgIpc) is 3.20. The smallest absolute Gasteiger partial charge is 0.325 e. The summed E-state index contributed by atoms with van der Waals surface area (Å²) in [5, 5.41) is 6.71. The summed E-state index contributed by atoms with van der Waals surface area (Å²) in [6.45, 7) is 0.582. The first-order chi connectivity index (χ1) is 12.6. The molecule has 0 unspecified atom stereocenters. The summed E-state index contributed by atoms with van der Waals surface area (Å²) in [6.07, 6.45) is 3.80. The number of hydrogen-bond acceptors (Lipinski definition) is 4. The Labute approximate surface area is 149 Å². The number of para-hydroxylation sites is 1. The quantitative estimate of drug-likeness (QED) is 0.911. The van der Waals surface area contributed by atoms with Crippen molar-refractivity contribution in [2.24, 2.45) is 0 Å². The highest BCUT2D eigenvalue weighted by Gasteiger charge is 2.32. The van der Waals surface area contributed by atoms with Crippen molar-refractivity contribution in [1.82, 2.24) is 10.1 Å². The highest BCUT2D eigenvalue weighted by Crippen LogP contribution is 2.28. The highest BCUT2D eigenvalue weighted by atomic mass is 19.1. The van der Waals surface area contributed by atoms with Crippen LogP contribution in [-0.2, 0) is 17.6 Å². The number of carbonyl (C=O) groups excluding carboxylic acids is 2. The molecule has 0 saturated carbocycles. The number of nitrogens with one attached hydrogen (secondary N) is 1. The van der Waals surface area contributed by atoms with Crippen LogP contribution in [0.5, 0.6) is 0 Å². The number of anilines is 2. The predicted molar refractivity (Wildman–Crippen MR) is 92.5 cm³/mol. The third kappa shape index (κ3) is 3.02. The standard InChI is InChI=1S/C18H19FN4O3/c19-13-6-2-4-8-15(13)23-10-9-22(18(23)25)11-16(24)20-17-12-5-1-3-7-14(12)21-26-17/h2,4,6,8H,1,3,5,7,9-11H2,(H,20,24). The largest absolute Gasteiger partial charge is 0.338 e. The molecule has 1 aliphatic carbocycles. The van der Waals surface area contributed by atoms with Gasteiger partial charge in [0.05, 0.1) is 11.4 Å². The van der Waals surface area contributed by atoms with Gasteiger partial charge in [-0.25, -0.2) is 9.18 Å². The number of hydrogen-bond donors (Lipinski definition) is 1. The van der Waals surface area contributed by atoms with Crippen molar-refractivity contribution in [2.75, 3.05) is 29.9 Å². The molecule has 0 bridgehead atoms. The van der Waals surface area contributed by atoms with Gasteiger partial charge in [0.2, 0.25) is 11.8 Å². The number of fused-ring (bicyclic) bond motifs is 1. The van der Waals surface area contributed by atoms with Crippen LogP contribution in [0.15, 0.2) is 28.8 Å². The minimum absolute atomic E-state index is 0.112. The van der Waals surface area contributed by atoms with Crippen LogP contribution in [0.4, 0.5) is 20.8 Å². The molecule has 7 nitrogen and oxygen atoms in total. The summed E-state index contributed by atoms with van der Waals surface area (Å²) < 4.78 is 19.1. The van der Waals surface area contributed by atoms with Crippen LogP contribution in [-0.4, -0.2) is 41.6 Å². The number of urea groups is 1. The number of carbonyl (C=O) groups is 2. The monoisotopic (exact) mass is 358 g/mol. The Bertz CT molecular complexity index is 851. The maximum Gasteiger partial charge on any atom is 0.325 e. The second kappa shape index (κ2) is 6.78. The second-order valence-electron chi connectivity index (χ2n) is 6.50. The summed E-state index contributed by atoms with van der Waals surface area (Å²) >= 11 is 0. The van der Waals surface area contributed by atoms with E-state index in [4.69, 9.17) is 4.52 Å². The van der Waals surface area contributed by atoms with Gasteiger partial charge in [-0.15, -0.1) is 0 Å². The summed E-state index contributed by atoms with van der Waals surface area (Å²) in [6, 6.07) is 5.73. The molecule has 8 heteroatoms. The lowest BCUT2D eigenvalue weighted by Crippen LogP contribution is -2.37. The average molecular weight is 358 g/mol. The second-order valence-corrected chi connectivity index (χ2v) is 6.50. The molecular weight excluding hydrogens is 339 g/mol. The first-order valence-corrected chi connectivity index (χ1v) is 8.72. The van der Waals surface area contributed by atoms with E-state index in [1.165, 1.54) is 15.9 Å². The van der Waals surface area contributed by atoms with E-state index in [9.17, 15) is 14.0 Å². The molecular formula is C18H19FN4O3.